The summed E-state index contributed by atoms with van der Waals surface area (Å²) < 4.78 is 16.2. The molecule has 1 fully saturated rings. The van der Waals surface area contributed by atoms with Crippen LogP contribution in [0, 0.1) is 5.92 Å². The van der Waals surface area contributed by atoms with Gasteiger partial charge in [-0.3, -0.25) is 0 Å². The zero-order valence-electron chi connectivity index (χ0n) is 12.4. The molecule has 0 heterocycles. The lowest BCUT2D eigenvalue weighted by atomic mass is 9.83. The smallest absolute Gasteiger partial charge is 0.127 e. The summed E-state index contributed by atoms with van der Waals surface area (Å²) >= 11 is 0. The first-order chi connectivity index (χ1) is 9.74. The minimum atomic E-state index is -0.169. The normalized spacial score (nSPS) is 16.6. The van der Waals surface area contributed by atoms with Crippen molar-refractivity contribution in [1.82, 2.24) is 0 Å². The molecule has 1 atom stereocenters. The van der Waals surface area contributed by atoms with Gasteiger partial charge in [-0.15, -0.1) is 0 Å². The highest BCUT2D eigenvalue weighted by Gasteiger charge is 2.17. The van der Waals surface area contributed by atoms with Crippen LogP contribution in [0.3, 0.4) is 0 Å². The molecule has 4 nitrogen and oxygen atoms in total. The first-order valence-corrected chi connectivity index (χ1v) is 7.30. The third-order valence-electron chi connectivity index (χ3n) is 4.03. The molecule has 0 saturated heterocycles. The number of benzene rings is 1. The molecule has 2 rings (SSSR count). The molecule has 1 aliphatic rings. The summed E-state index contributed by atoms with van der Waals surface area (Å²) in [4.78, 5) is 0. The molecule has 1 aromatic rings. The van der Waals surface area contributed by atoms with Gasteiger partial charge in [0, 0.05) is 18.2 Å². The highest BCUT2D eigenvalue weighted by molar-refractivity contribution is 5.42. The molecule has 112 valence electrons. The minimum absolute atomic E-state index is 0.169. The molecule has 4 heteroatoms. The van der Waals surface area contributed by atoms with E-state index in [4.69, 9.17) is 19.9 Å². The molecular weight excluding hydrogens is 254 g/mol. The van der Waals surface area contributed by atoms with Crippen LogP contribution in [0.25, 0.3) is 0 Å². The van der Waals surface area contributed by atoms with E-state index < -0.39 is 0 Å². The summed E-state index contributed by atoms with van der Waals surface area (Å²) in [6.07, 6.45) is 5.27. The topological polar surface area (TPSA) is 53.7 Å². The molecular formula is C16H25NO3. The van der Waals surface area contributed by atoms with E-state index in [2.05, 4.69) is 0 Å². The lowest BCUT2D eigenvalue weighted by Crippen LogP contribution is -2.20. The van der Waals surface area contributed by atoms with Crippen molar-refractivity contribution >= 4 is 0 Å². The van der Waals surface area contributed by atoms with Crippen LogP contribution in [0.2, 0.25) is 0 Å². The maximum Gasteiger partial charge on any atom is 0.127 e. The average Bonchev–Trinajstić information content (AvgIpc) is 2.44. The number of hydrogen-bond donors (Lipinski definition) is 1. The summed E-state index contributed by atoms with van der Waals surface area (Å²) in [6.45, 7) is 1.33. The Hall–Kier alpha value is -1.26. The number of ether oxygens (including phenoxy) is 3. The van der Waals surface area contributed by atoms with Gasteiger partial charge in [0.05, 0.1) is 26.9 Å². The third kappa shape index (κ3) is 3.87. The van der Waals surface area contributed by atoms with Gasteiger partial charge in [-0.1, -0.05) is 19.3 Å². The van der Waals surface area contributed by atoms with Crippen molar-refractivity contribution in [3.8, 4) is 11.5 Å². The average molecular weight is 279 g/mol. The van der Waals surface area contributed by atoms with E-state index in [0.29, 0.717) is 6.61 Å². The molecule has 0 aliphatic heterocycles. The molecule has 0 spiro atoms. The van der Waals surface area contributed by atoms with Crippen LogP contribution >= 0.6 is 0 Å². The molecule has 0 bridgehead atoms. The van der Waals surface area contributed by atoms with Crippen molar-refractivity contribution in [2.75, 3.05) is 27.4 Å². The van der Waals surface area contributed by atoms with Crippen molar-refractivity contribution in [2.24, 2.45) is 11.7 Å². The molecule has 20 heavy (non-hydrogen) atoms. The van der Waals surface area contributed by atoms with Crippen molar-refractivity contribution in [3.63, 3.8) is 0 Å². The first-order valence-electron chi connectivity index (χ1n) is 7.30. The van der Waals surface area contributed by atoms with E-state index in [0.717, 1.165) is 36.0 Å². The van der Waals surface area contributed by atoms with Crippen molar-refractivity contribution in [1.29, 1.82) is 0 Å². The van der Waals surface area contributed by atoms with Gasteiger partial charge in [0.25, 0.3) is 0 Å². The van der Waals surface area contributed by atoms with Gasteiger partial charge in [-0.25, -0.2) is 0 Å². The van der Waals surface area contributed by atoms with E-state index in [1.807, 2.05) is 18.2 Å². The highest BCUT2D eigenvalue weighted by atomic mass is 16.5. The number of nitrogens with two attached hydrogens (primary N) is 1. The highest BCUT2D eigenvalue weighted by Crippen LogP contribution is 2.30. The molecule has 2 N–H and O–H groups in total. The van der Waals surface area contributed by atoms with Crippen molar-refractivity contribution in [3.05, 3.63) is 23.8 Å². The summed E-state index contributed by atoms with van der Waals surface area (Å²) in [5.41, 5.74) is 7.14. The molecule has 0 amide bonds. The second-order valence-corrected chi connectivity index (χ2v) is 5.37. The number of hydrogen-bond acceptors (Lipinski definition) is 4. The number of rotatable bonds is 8. The van der Waals surface area contributed by atoms with E-state index in [-0.39, 0.29) is 6.04 Å². The van der Waals surface area contributed by atoms with Gasteiger partial charge in [0.1, 0.15) is 11.5 Å². The monoisotopic (exact) mass is 279 g/mol. The standard InChI is InChI=1S/C16H25NO3/c1-18-13-6-7-14(16(10-13)19-2)15(17)11-20-9-8-12-4-3-5-12/h6-7,10,12,15H,3-5,8-9,11,17H2,1-2H3. The summed E-state index contributed by atoms with van der Waals surface area (Å²) in [5, 5.41) is 0. The fourth-order valence-electron chi connectivity index (χ4n) is 2.46. The Morgan fingerprint density at radius 2 is 2.05 bits per heavy atom. The van der Waals surface area contributed by atoms with E-state index in [9.17, 15) is 0 Å². The van der Waals surface area contributed by atoms with Crippen LogP contribution in [-0.4, -0.2) is 27.4 Å². The lowest BCUT2D eigenvalue weighted by molar-refractivity contribution is 0.0957. The fraction of sp³-hybridized carbons (Fsp3) is 0.625. The Balaban J connectivity index is 1.82. The van der Waals surface area contributed by atoms with E-state index >= 15 is 0 Å². The predicted molar refractivity (Wildman–Crippen MR) is 79.3 cm³/mol. The zero-order valence-corrected chi connectivity index (χ0v) is 12.4. The van der Waals surface area contributed by atoms with Crippen molar-refractivity contribution < 1.29 is 14.2 Å². The van der Waals surface area contributed by atoms with E-state index in [1.165, 1.54) is 19.3 Å². The van der Waals surface area contributed by atoms with Gasteiger partial charge in [-0.05, 0) is 24.5 Å². The number of methoxy groups -OCH3 is 2. The van der Waals surface area contributed by atoms with Crippen molar-refractivity contribution in [2.45, 2.75) is 31.7 Å². The fourth-order valence-corrected chi connectivity index (χ4v) is 2.46. The molecule has 1 saturated carbocycles. The molecule has 0 aromatic heterocycles. The largest absolute Gasteiger partial charge is 0.497 e. The summed E-state index contributed by atoms with van der Waals surface area (Å²) in [7, 11) is 3.28. The van der Waals surface area contributed by atoms with Crippen LogP contribution in [0.4, 0.5) is 0 Å². The third-order valence-corrected chi connectivity index (χ3v) is 4.03. The van der Waals surface area contributed by atoms with E-state index in [1.54, 1.807) is 14.2 Å². The predicted octanol–water partition coefficient (Wildman–Crippen LogP) is 2.91. The van der Waals surface area contributed by atoms with Gasteiger partial charge < -0.3 is 19.9 Å². The molecule has 0 radical (unpaired) electrons. The molecule has 1 unspecified atom stereocenters. The Bertz CT molecular complexity index is 418. The quantitative estimate of drug-likeness (QED) is 0.743. The summed E-state index contributed by atoms with van der Waals surface area (Å²) in [5.74, 6) is 2.39. The lowest BCUT2D eigenvalue weighted by Gasteiger charge is -2.25. The van der Waals surface area contributed by atoms with Gasteiger partial charge in [0.2, 0.25) is 0 Å². The summed E-state index contributed by atoms with van der Waals surface area (Å²) in [6, 6.07) is 5.52. The van der Waals surface area contributed by atoms with Crippen LogP contribution in [-0.2, 0) is 4.74 Å². The second-order valence-electron chi connectivity index (χ2n) is 5.37. The minimum Gasteiger partial charge on any atom is -0.497 e. The Morgan fingerprint density at radius 1 is 1.25 bits per heavy atom. The van der Waals surface area contributed by atoms with Gasteiger partial charge >= 0.3 is 0 Å². The maximum atomic E-state index is 6.18. The van der Waals surface area contributed by atoms with Gasteiger partial charge in [0.15, 0.2) is 0 Å². The Morgan fingerprint density at radius 3 is 2.65 bits per heavy atom. The molecule has 1 aliphatic carbocycles. The zero-order chi connectivity index (χ0) is 14.4. The maximum absolute atomic E-state index is 6.18. The Kier molecular flexibility index (Phi) is 5.68. The first kappa shape index (κ1) is 15.1. The Labute approximate surface area is 121 Å². The SMILES string of the molecule is COc1ccc(C(N)COCCC2CCC2)c(OC)c1. The molecule has 1 aromatic carbocycles. The second kappa shape index (κ2) is 7.50. The van der Waals surface area contributed by atoms with Crippen LogP contribution in [0.1, 0.15) is 37.3 Å². The van der Waals surface area contributed by atoms with Crippen LogP contribution < -0.4 is 15.2 Å². The van der Waals surface area contributed by atoms with Crippen LogP contribution in [0.15, 0.2) is 18.2 Å². The van der Waals surface area contributed by atoms with Gasteiger partial charge in [-0.2, -0.15) is 0 Å². The van der Waals surface area contributed by atoms with Crippen LogP contribution in [0.5, 0.6) is 11.5 Å².